The van der Waals surface area contributed by atoms with Crippen LogP contribution in [-0.4, -0.2) is 42.8 Å². The number of nitrogens with zero attached hydrogens (tertiary/aromatic N) is 2. The third-order valence-corrected chi connectivity index (χ3v) is 6.08. The molecule has 2 atom stereocenters. The Morgan fingerprint density at radius 1 is 1.18 bits per heavy atom. The molecule has 1 saturated heterocycles. The van der Waals surface area contributed by atoms with Gasteiger partial charge in [-0.15, -0.1) is 0 Å². The normalized spacial score (nSPS) is 20.4. The van der Waals surface area contributed by atoms with E-state index in [0.29, 0.717) is 6.54 Å². The van der Waals surface area contributed by atoms with Gasteiger partial charge in [0, 0.05) is 24.8 Å². The van der Waals surface area contributed by atoms with Crippen LogP contribution in [0.15, 0.2) is 42.5 Å². The summed E-state index contributed by atoms with van der Waals surface area (Å²) >= 11 is 0. The first-order chi connectivity index (χ1) is 15.7. The molecule has 0 spiro atoms. The van der Waals surface area contributed by atoms with Gasteiger partial charge in [0.05, 0.1) is 25.4 Å². The van der Waals surface area contributed by atoms with Gasteiger partial charge in [-0.3, -0.25) is 0 Å². The highest BCUT2D eigenvalue weighted by Crippen LogP contribution is 2.36. The molecule has 178 valence electrons. The Bertz CT molecular complexity index is 970. The Morgan fingerprint density at radius 2 is 1.94 bits per heavy atom. The van der Waals surface area contributed by atoms with Gasteiger partial charge >= 0.3 is 6.09 Å². The van der Waals surface area contributed by atoms with Crippen LogP contribution in [0, 0.1) is 0 Å². The number of carbonyl (C=O) groups is 1. The molecule has 0 saturated carbocycles. The predicted molar refractivity (Wildman–Crippen MR) is 132 cm³/mol. The number of amides is 1. The molecule has 0 radical (unpaired) electrons. The fourth-order valence-corrected chi connectivity index (χ4v) is 4.48. The van der Waals surface area contributed by atoms with Crippen molar-refractivity contribution < 1.29 is 14.3 Å². The molecule has 4 rings (SSSR count). The molecule has 2 aliphatic rings. The second kappa shape index (κ2) is 9.51. The Kier molecular flexibility index (Phi) is 6.70. The van der Waals surface area contributed by atoms with Gasteiger partial charge in [0.1, 0.15) is 11.4 Å². The van der Waals surface area contributed by atoms with Crippen LogP contribution >= 0.6 is 0 Å². The van der Waals surface area contributed by atoms with E-state index < -0.39 is 5.60 Å². The molecule has 1 fully saturated rings. The Morgan fingerprint density at radius 3 is 2.64 bits per heavy atom. The van der Waals surface area contributed by atoms with Crippen LogP contribution in [0.5, 0.6) is 5.75 Å². The third-order valence-electron chi connectivity index (χ3n) is 6.08. The molecule has 2 N–H and O–H groups in total. The molecule has 2 aromatic carbocycles. The lowest BCUT2D eigenvalue weighted by Gasteiger charge is -2.35. The summed E-state index contributed by atoms with van der Waals surface area (Å²) < 4.78 is 10.8. The Balaban J connectivity index is 1.40. The number of piperidine rings is 1. The second-order valence-corrected chi connectivity index (χ2v) is 9.97. The molecule has 0 bridgehead atoms. The van der Waals surface area contributed by atoms with Crippen molar-refractivity contribution in [2.45, 2.75) is 64.8 Å². The molecule has 1 amide bonds. The maximum atomic E-state index is 12.5. The summed E-state index contributed by atoms with van der Waals surface area (Å²) in [6.45, 7) is 10.1. The zero-order chi connectivity index (χ0) is 23.6. The van der Waals surface area contributed by atoms with Crippen LogP contribution in [0.3, 0.4) is 0 Å². The SMILES string of the molecule is COc1ccc(CN2NC(C)c3cc(NC4CCCN(C(=O)OC(C)(C)C)C4)ccc32)cc1. The fraction of sp³-hybridized carbons (Fsp3) is 0.500. The van der Waals surface area contributed by atoms with Gasteiger partial charge in [-0.05, 0) is 82.0 Å². The molecule has 33 heavy (non-hydrogen) atoms. The number of methoxy groups -OCH3 is 1. The molecule has 0 aliphatic carbocycles. The number of likely N-dealkylation sites (tertiary alicyclic amines) is 1. The van der Waals surface area contributed by atoms with Gasteiger partial charge in [0.2, 0.25) is 0 Å². The standard InChI is InChI=1S/C26H36N4O3/c1-18-23-15-20(27-21-7-6-14-29(17-21)25(31)33-26(2,3)4)10-13-24(23)30(28-18)16-19-8-11-22(32-5)12-9-19/h8-13,15,18,21,27-28H,6-7,14,16-17H2,1-5H3. The van der Waals surface area contributed by atoms with E-state index in [2.05, 4.69) is 53.0 Å². The number of hydrazine groups is 1. The minimum Gasteiger partial charge on any atom is -0.497 e. The van der Waals surface area contributed by atoms with Crippen LogP contribution in [0.4, 0.5) is 16.2 Å². The first-order valence-corrected chi connectivity index (χ1v) is 11.8. The summed E-state index contributed by atoms with van der Waals surface area (Å²) in [4.78, 5) is 14.3. The van der Waals surface area contributed by atoms with E-state index in [-0.39, 0.29) is 18.2 Å². The van der Waals surface area contributed by atoms with E-state index in [4.69, 9.17) is 9.47 Å². The van der Waals surface area contributed by atoms with Crippen molar-refractivity contribution in [2.24, 2.45) is 0 Å². The molecule has 2 aliphatic heterocycles. The van der Waals surface area contributed by atoms with E-state index in [9.17, 15) is 4.79 Å². The molecular weight excluding hydrogens is 416 g/mol. The van der Waals surface area contributed by atoms with Crippen molar-refractivity contribution in [3.05, 3.63) is 53.6 Å². The van der Waals surface area contributed by atoms with E-state index >= 15 is 0 Å². The fourth-order valence-electron chi connectivity index (χ4n) is 4.48. The number of hydrogen-bond donors (Lipinski definition) is 2. The van der Waals surface area contributed by atoms with E-state index in [1.54, 1.807) is 7.11 Å². The van der Waals surface area contributed by atoms with Crippen LogP contribution in [0.2, 0.25) is 0 Å². The quantitative estimate of drug-likeness (QED) is 0.659. The zero-order valence-corrected chi connectivity index (χ0v) is 20.4. The largest absolute Gasteiger partial charge is 0.497 e. The lowest BCUT2D eigenvalue weighted by atomic mass is 10.0. The number of hydrogen-bond acceptors (Lipinski definition) is 6. The summed E-state index contributed by atoms with van der Waals surface area (Å²) in [6.07, 6.45) is 1.78. The van der Waals surface area contributed by atoms with Crippen molar-refractivity contribution in [2.75, 3.05) is 30.5 Å². The van der Waals surface area contributed by atoms with Crippen molar-refractivity contribution >= 4 is 17.5 Å². The lowest BCUT2D eigenvalue weighted by Crippen LogP contribution is -2.46. The number of rotatable bonds is 5. The number of carbonyl (C=O) groups excluding carboxylic acids is 1. The minimum atomic E-state index is -0.474. The Labute approximate surface area is 197 Å². The van der Waals surface area contributed by atoms with Gasteiger partial charge in [0.25, 0.3) is 0 Å². The second-order valence-electron chi connectivity index (χ2n) is 9.97. The predicted octanol–water partition coefficient (Wildman–Crippen LogP) is 5.09. The number of ether oxygens (including phenoxy) is 2. The molecule has 2 heterocycles. The molecule has 0 aromatic heterocycles. The molecule has 2 unspecified atom stereocenters. The van der Waals surface area contributed by atoms with Crippen LogP contribution < -0.4 is 20.5 Å². The number of anilines is 2. The summed E-state index contributed by atoms with van der Waals surface area (Å²) in [5.41, 5.74) is 7.88. The van der Waals surface area contributed by atoms with Crippen molar-refractivity contribution in [3.8, 4) is 5.75 Å². The maximum Gasteiger partial charge on any atom is 0.410 e. The van der Waals surface area contributed by atoms with Crippen molar-refractivity contribution in [1.29, 1.82) is 0 Å². The molecular formula is C26H36N4O3. The van der Waals surface area contributed by atoms with E-state index in [0.717, 1.165) is 37.4 Å². The maximum absolute atomic E-state index is 12.5. The molecule has 7 nitrogen and oxygen atoms in total. The zero-order valence-electron chi connectivity index (χ0n) is 20.4. The van der Waals surface area contributed by atoms with Gasteiger partial charge in [0.15, 0.2) is 0 Å². The van der Waals surface area contributed by atoms with E-state index in [1.807, 2.05) is 37.8 Å². The first-order valence-electron chi connectivity index (χ1n) is 11.8. The summed E-state index contributed by atoms with van der Waals surface area (Å²) in [5, 5.41) is 5.85. The highest BCUT2D eigenvalue weighted by molar-refractivity contribution is 5.69. The average molecular weight is 453 g/mol. The van der Waals surface area contributed by atoms with Gasteiger partial charge in [-0.1, -0.05) is 12.1 Å². The van der Waals surface area contributed by atoms with Crippen molar-refractivity contribution in [3.63, 3.8) is 0 Å². The highest BCUT2D eigenvalue weighted by Gasteiger charge is 2.29. The minimum absolute atomic E-state index is 0.212. The summed E-state index contributed by atoms with van der Waals surface area (Å²) in [7, 11) is 1.68. The number of fused-ring (bicyclic) bond motifs is 1. The number of nitrogens with one attached hydrogen (secondary N) is 2. The average Bonchev–Trinajstić information content (AvgIpc) is 3.08. The van der Waals surface area contributed by atoms with E-state index in [1.165, 1.54) is 16.8 Å². The van der Waals surface area contributed by atoms with Crippen LogP contribution in [-0.2, 0) is 11.3 Å². The third kappa shape index (κ3) is 5.71. The lowest BCUT2D eigenvalue weighted by molar-refractivity contribution is 0.0206. The Hall–Kier alpha value is -2.93. The topological polar surface area (TPSA) is 66.1 Å². The number of benzene rings is 2. The molecule has 7 heteroatoms. The summed E-state index contributed by atoms with van der Waals surface area (Å²) in [6, 6.07) is 15.2. The monoisotopic (exact) mass is 452 g/mol. The van der Waals surface area contributed by atoms with Crippen LogP contribution in [0.1, 0.15) is 57.7 Å². The van der Waals surface area contributed by atoms with Gasteiger partial charge < -0.3 is 24.7 Å². The van der Waals surface area contributed by atoms with Crippen LogP contribution in [0.25, 0.3) is 0 Å². The van der Waals surface area contributed by atoms with Crippen molar-refractivity contribution in [1.82, 2.24) is 10.3 Å². The molecule has 2 aromatic rings. The summed E-state index contributed by atoms with van der Waals surface area (Å²) in [5.74, 6) is 0.866. The van der Waals surface area contributed by atoms with Gasteiger partial charge in [-0.2, -0.15) is 0 Å². The van der Waals surface area contributed by atoms with Gasteiger partial charge in [-0.25, -0.2) is 10.2 Å². The highest BCUT2D eigenvalue weighted by atomic mass is 16.6. The smallest absolute Gasteiger partial charge is 0.410 e. The first kappa shape index (κ1) is 23.2.